The van der Waals surface area contributed by atoms with E-state index in [1.54, 1.807) is 11.8 Å². The van der Waals surface area contributed by atoms with Crippen molar-refractivity contribution in [2.24, 2.45) is 5.92 Å². The molecule has 1 aliphatic heterocycles. The molecule has 4 heteroatoms. The molecule has 0 radical (unpaired) electrons. The molecule has 2 N–H and O–H groups in total. The fraction of sp³-hybridized carbons (Fsp3) is 1.00. The summed E-state index contributed by atoms with van der Waals surface area (Å²) in [5, 5.41) is 13.3. The van der Waals surface area contributed by atoms with E-state index in [1.165, 1.54) is 17.9 Å². The summed E-state index contributed by atoms with van der Waals surface area (Å²) < 4.78 is 0. The normalized spacial score (nSPS) is 26.4. The summed E-state index contributed by atoms with van der Waals surface area (Å²) in [6.07, 6.45) is 3.37. The van der Waals surface area contributed by atoms with Crippen LogP contribution >= 0.6 is 23.5 Å². The summed E-state index contributed by atoms with van der Waals surface area (Å²) in [6.45, 7) is 3.69. The molecule has 2 atom stereocenters. The van der Waals surface area contributed by atoms with E-state index in [0.717, 1.165) is 24.8 Å². The lowest BCUT2D eigenvalue weighted by molar-refractivity contribution is 0.0841. The lowest BCUT2D eigenvalue weighted by atomic mass is 10.1. The van der Waals surface area contributed by atoms with Crippen molar-refractivity contribution in [3.8, 4) is 0 Å². The third kappa shape index (κ3) is 4.91. The van der Waals surface area contributed by atoms with E-state index in [1.807, 2.05) is 24.9 Å². The zero-order valence-corrected chi connectivity index (χ0v) is 10.7. The summed E-state index contributed by atoms with van der Waals surface area (Å²) in [6, 6.07) is 0. The summed E-state index contributed by atoms with van der Waals surface area (Å²) in [7, 11) is 0. The predicted octanol–water partition coefficient (Wildman–Crippen LogP) is 1.44. The van der Waals surface area contributed by atoms with E-state index in [9.17, 15) is 5.11 Å². The van der Waals surface area contributed by atoms with Crippen LogP contribution in [0.3, 0.4) is 0 Å². The largest absolute Gasteiger partial charge is 0.388 e. The average molecular weight is 235 g/mol. The second-order valence-corrected chi connectivity index (χ2v) is 6.31. The predicted molar refractivity (Wildman–Crippen MR) is 67.3 cm³/mol. The minimum atomic E-state index is -0.550. The van der Waals surface area contributed by atoms with Crippen LogP contribution in [0.5, 0.6) is 0 Å². The maximum atomic E-state index is 9.90. The highest BCUT2D eigenvalue weighted by molar-refractivity contribution is 7.99. The van der Waals surface area contributed by atoms with Gasteiger partial charge >= 0.3 is 0 Å². The second kappa shape index (κ2) is 6.26. The SMILES string of the molecule is CSCC(C)(O)CNCC1CCSC1. The van der Waals surface area contributed by atoms with Gasteiger partial charge in [-0.1, -0.05) is 0 Å². The van der Waals surface area contributed by atoms with Crippen LogP contribution in [0.2, 0.25) is 0 Å². The average Bonchev–Trinajstić information content (AvgIpc) is 2.56. The standard InChI is InChI=1S/C10H21NOS2/c1-10(12,8-13-2)7-11-5-9-3-4-14-6-9/h9,11-12H,3-8H2,1-2H3. The maximum absolute atomic E-state index is 9.90. The molecule has 1 heterocycles. The van der Waals surface area contributed by atoms with Crippen molar-refractivity contribution in [1.82, 2.24) is 5.32 Å². The van der Waals surface area contributed by atoms with Gasteiger partial charge < -0.3 is 10.4 Å². The topological polar surface area (TPSA) is 32.3 Å². The zero-order valence-electron chi connectivity index (χ0n) is 9.08. The molecular weight excluding hydrogens is 214 g/mol. The lowest BCUT2D eigenvalue weighted by Crippen LogP contribution is -2.41. The summed E-state index contributed by atoms with van der Waals surface area (Å²) in [5.41, 5.74) is -0.550. The molecule has 0 aromatic rings. The molecule has 0 amide bonds. The first-order chi connectivity index (χ1) is 6.64. The fourth-order valence-electron chi connectivity index (χ4n) is 1.65. The molecule has 0 aliphatic carbocycles. The Hall–Kier alpha value is 0.620. The van der Waals surface area contributed by atoms with Crippen LogP contribution in [0.15, 0.2) is 0 Å². The Balaban J connectivity index is 2.07. The third-order valence-corrected chi connectivity index (χ3v) is 4.56. The molecule has 14 heavy (non-hydrogen) atoms. The molecular formula is C10H21NOS2. The zero-order chi connectivity index (χ0) is 10.4. The van der Waals surface area contributed by atoms with Gasteiger partial charge in [0.1, 0.15) is 0 Å². The first-order valence-electron chi connectivity index (χ1n) is 5.14. The van der Waals surface area contributed by atoms with Crippen LogP contribution in [0, 0.1) is 5.92 Å². The van der Waals surface area contributed by atoms with Crippen LogP contribution in [-0.4, -0.2) is 47.3 Å². The molecule has 2 unspecified atom stereocenters. The van der Waals surface area contributed by atoms with Crippen LogP contribution in [0.4, 0.5) is 0 Å². The molecule has 84 valence electrons. The number of nitrogens with one attached hydrogen (secondary N) is 1. The molecule has 1 saturated heterocycles. The van der Waals surface area contributed by atoms with Crippen LogP contribution in [-0.2, 0) is 0 Å². The first kappa shape index (κ1) is 12.7. The molecule has 0 bridgehead atoms. The van der Waals surface area contributed by atoms with Gasteiger partial charge in [0.05, 0.1) is 5.60 Å². The number of thioether (sulfide) groups is 2. The highest BCUT2D eigenvalue weighted by Gasteiger charge is 2.20. The van der Waals surface area contributed by atoms with Gasteiger partial charge in [-0.15, -0.1) is 0 Å². The van der Waals surface area contributed by atoms with E-state index < -0.39 is 5.60 Å². The van der Waals surface area contributed by atoms with Gasteiger partial charge in [-0.3, -0.25) is 0 Å². The van der Waals surface area contributed by atoms with E-state index in [2.05, 4.69) is 5.32 Å². The Morgan fingerprint density at radius 1 is 1.64 bits per heavy atom. The third-order valence-electron chi connectivity index (χ3n) is 2.42. The summed E-state index contributed by atoms with van der Waals surface area (Å²) >= 11 is 3.74. The second-order valence-electron chi connectivity index (χ2n) is 4.29. The lowest BCUT2D eigenvalue weighted by Gasteiger charge is -2.23. The van der Waals surface area contributed by atoms with E-state index in [0.29, 0.717) is 0 Å². The number of aliphatic hydroxyl groups is 1. The smallest absolute Gasteiger partial charge is 0.0833 e. The van der Waals surface area contributed by atoms with Gasteiger partial charge in [0.2, 0.25) is 0 Å². The molecule has 1 fully saturated rings. The van der Waals surface area contributed by atoms with Crippen molar-refractivity contribution >= 4 is 23.5 Å². The van der Waals surface area contributed by atoms with Gasteiger partial charge in [-0.2, -0.15) is 23.5 Å². The van der Waals surface area contributed by atoms with Crippen molar-refractivity contribution in [3.63, 3.8) is 0 Å². The van der Waals surface area contributed by atoms with Crippen LogP contribution < -0.4 is 5.32 Å². The van der Waals surface area contributed by atoms with Gasteiger partial charge in [0.25, 0.3) is 0 Å². The fourth-order valence-corrected chi connectivity index (χ4v) is 3.66. The monoisotopic (exact) mass is 235 g/mol. The Labute approximate surface area is 95.6 Å². The van der Waals surface area contributed by atoms with Gasteiger partial charge in [0, 0.05) is 12.3 Å². The highest BCUT2D eigenvalue weighted by atomic mass is 32.2. The van der Waals surface area contributed by atoms with E-state index in [-0.39, 0.29) is 0 Å². The van der Waals surface area contributed by atoms with Crippen molar-refractivity contribution in [2.75, 3.05) is 36.6 Å². The van der Waals surface area contributed by atoms with Crippen molar-refractivity contribution in [2.45, 2.75) is 18.9 Å². The molecule has 2 nitrogen and oxygen atoms in total. The molecule has 0 saturated carbocycles. The Morgan fingerprint density at radius 3 is 3.00 bits per heavy atom. The Bertz CT molecular complexity index is 158. The van der Waals surface area contributed by atoms with Crippen LogP contribution in [0.1, 0.15) is 13.3 Å². The quantitative estimate of drug-likeness (QED) is 0.730. The highest BCUT2D eigenvalue weighted by Crippen LogP contribution is 2.22. The van der Waals surface area contributed by atoms with Gasteiger partial charge in [-0.25, -0.2) is 0 Å². The Kier molecular flexibility index (Phi) is 5.67. The van der Waals surface area contributed by atoms with E-state index >= 15 is 0 Å². The molecule has 0 aromatic carbocycles. The molecule has 1 aliphatic rings. The molecule has 0 aromatic heterocycles. The number of hydrogen-bond acceptors (Lipinski definition) is 4. The van der Waals surface area contributed by atoms with Crippen molar-refractivity contribution in [1.29, 1.82) is 0 Å². The Morgan fingerprint density at radius 2 is 2.43 bits per heavy atom. The minimum absolute atomic E-state index is 0.550. The summed E-state index contributed by atoms with van der Waals surface area (Å²) in [4.78, 5) is 0. The van der Waals surface area contributed by atoms with Gasteiger partial charge in [0.15, 0.2) is 0 Å². The van der Waals surface area contributed by atoms with Crippen molar-refractivity contribution in [3.05, 3.63) is 0 Å². The number of rotatable bonds is 6. The molecule has 0 spiro atoms. The van der Waals surface area contributed by atoms with Crippen molar-refractivity contribution < 1.29 is 5.11 Å². The van der Waals surface area contributed by atoms with Gasteiger partial charge in [-0.05, 0) is 43.6 Å². The molecule has 1 rings (SSSR count). The van der Waals surface area contributed by atoms with Crippen LogP contribution in [0.25, 0.3) is 0 Å². The minimum Gasteiger partial charge on any atom is -0.388 e. The first-order valence-corrected chi connectivity index (χ1v) is 7.69. The maximum Gasteiger partial charge on any atom is 0.0833 e. The van der Waals surface area contributed by atoms with E-state index in [4.69, 9.17) is 0 Å². The summed E-state index contributed by atoms with van der Waals surface area (Å²) in [5.74, 6) is 4.23. The number of hydrogen-bond donors (Lipinski definition) is 2.